The Morgan fingerprint density at radius 2 is 2.64 bits per heavy atom. The average molecular weight is 154 g/mol. The molecule has 0 aromatic carbocycles. The topological polar surface area (TPSA) is 83.8 Å². The average Bonchev–Trinajstić information content (AvgIpc) is 2.52. The number of imidazole rings is 1. The van der Waals surface area contributed by atoms with Crippen LogP contribution in [-0.2, 0) is 0 Å². The normalized spacial score (nSPS) is 9.55. The maximum absolute atomic E-state index is 11.0. The van der Waals surface area contributed by atoms with E-state index in [1.807, 2.05) is 0 Å². The van der Waals surface area contributed by atoms with Crippen molar-refractivity contribution in [1.29, 1.82) is 0 Å². The summed E-state index contributed by atoms with van der Waals surface area (Å²) in [5.74, 6) is 0.0962. The van der Waals surface area contributed by atoms with Gasteiger partial charge in [0, 0.05) is 25.5 Å². The second-order valence-corrected chi connectivity index (χ2v) is 1.98. The monoisotopic (exact) mass is 154 g/mol. The SMILES string of the molecule is NCCNC(=O)c1ncc[nH]1. The molecule has 4 N–H and O–H groups in total. The lowest BCUT2D eigenvalue weighted by Gasteiger charge is -1.98. The van der Waals surface area contributed by atoms with Crippen molar-refractivity contribution in [3.8, 4) is 0 Å². The van der Waals surface area contributed by atoms with Crippen molar-refractivity contribution in [2.75, 3.05) is 13.1 Å². The van der Waals surface area contributed by atoms with Crippen LogP contribution in [-0.4, -0.2) is 29.0 Å². The van der Waals surface area contributed by atoms with Gasteiger partial charge in [0.2, 0.25) is 0 Å². The largest absolute Gasteiger partial charge is 0.348 e. The lowest BCUT2D eigenvalue weighted by molar-refractivity contribution is 0.0945. The summed E-state index contributed by atoms with van der Waals surface area (Å²) in [6.45, 7) is 0.909. The molecule has 5 heteroatoms. The Labute approximate surface area is 64.0 Å². The number of rotatable bonds is 3. The molecule has 0 saturated carbocycles. The highest BCUT2D eigenvalue weighted by atomic mass is 16.2. The first-order valence-electron chi connectivity index (χ1n) is 3.32. The fourth-order valence-corrected chi connectivity index (χ4v) is 0.659. The molecule has 0 radical (unpaired) electrons. The third-order valence-electron chi connectivity index (χ3n) is 1.14. The molecule has 0 aliphatic rings. The van der Waals surface area contributed by atoms with Crippen molar-refractivity contribution in [2.45, 2.75) is 0 Å². The number of H-pyrrole nitrogens is 1. The van der Waals surface area contributed by atoms with Gasteiger partial charge in [-0.05, 0) is 0 Å². The van der Waals surface area contributed by atoms with Gasteiger partial charge in [0.05, 0.1) is 0 Å². The standard InChI is InChI=1S/C6H10N4O/c7-1-2-10-6(11)5-8-3-4-9-5/h3-4H,1-2,7H2,(H,8,9)(H,10,11). The first kappa shape index (κ1) is 7.74. The summed E-state index contributed by atoms with van der Waals surface area (Å²) < 4.78 is 0. The Balaban J connectivity index is 2.43. The van der Waals surface area contributed by atoms with Crippen LogP contribution in [0.2, 0.25) is 0 Å². The third-order valence-corrected chi connectivity index (χ3v) is 1.14. The maximum Gasteiger partial charge on any atom is 0.287 e. The minimum absolute atomic E-state index is 0.222. The van der Waals surface area contributed by atoms with Crippen LogP contribution in [0.25, 0.3) is 0 Å². The minimum Gasteiger partial charge on any atom is -0.348 e. The van der Waals surface area contributed by atoms with E-state index < -0.39 is 0 Å². The zero-order chi connectivity index (χ0) is 8.10. The van der Waals surface area contributed by atoms with E-state index in [2.05, 4.69) is 15.3 Å². The van der Waals surface area contributed by atoms with Crippen LogP contribution >= 0.6 is 0 Å². The van der Waals surface area contributed by atoms with E-state index in [1.54, 1.807) is 6.20 Å². The molecular formula is C6H10N4O. The minimum atomic E-state index is -0.222. The van der Waals surface area contributed by atoms with E-state index in [9.17, 15) is 4.79 Å². The van der Waals surface area contributed by atoms with Crippen molar-refractivity contribution in [2.24, 2.45) is 5.73 Å². The third kappa shape index (κ3) is 2.05. The number of hydrogen-bond donors (Lipinski definition) is 3. The molecule has 0 atom stereocenters. The summed E-state index contributed by atoms with van der Waals surface area (Å²) in [5.41, 5.74) is 5.18. The van der Waals surface area contributed by atoms with E-state index in [1.165, 1.54) is 6.20 Å². The number of carbonyl (C=O) groups excluding carboxylic acids is 1. The van der Waals surface area contributed by atoms with E-state index in [-0.39, 0.29) is 5.91 Å². The van der Waals surface area contributed by atoms with Gasteiger partial charge in [0.1, 0.15) is 0 Å². The van der Waals surface area contributed by atoms with Gasteiger partial charge in [-0.3, -0.25) is 4.79 Å². The Bertz CT molecular complexity index is 218. The van der Waals surface area contributed by atoms with Crippen molar-refractivity contribution in [3.63, 3.8) is 0 Å². The molecule has 0 aliphatic heterocycles. The van der Waals surface area contributed by atoms with Crippen LogP contribution in [0.3, 0.4) is 0 Å². The van der Waals surface area contributed by atoms with E-state index in [0.29, 0.717) is 18.9 Å². The maximum atomic E-state index is 11.0. The molecule has 0 fully saturated rings. The van der Waals surface area contributed by atoms with Gasteiger partial charge in [0.25, 0.3) is 5.91 Å². The Kier molecular flexibility index (Phi) is 2.62. The molecule has 0 unspecified atom stereocenters. The molecule has 11 heavy (non-hydrogen) atoms. The molecule has 60 valence electrons. The zero-order valence-corrected chi connectivity index (χ0v) is 6.00. The summed E-state index contributed by atoms with van der Waals surface area (Å²) in [5, 5.41) is 2.58. The summed E-state index contributed by atoms with van der Waals surface area (Å²) >= 11 is 0. The second kappa shape index (κ2) is 3.72. The molecule has 0 saturated heterocycles. The Morgan fingerprint density at radius 1 is 1.82 bits per heavy atom. The number of hydrogen-bond acceptors (Lipinski definition) is 3. The summed E-state index contributed by atoms with van der Waals surface area (Å²) in [4.78, 5) is 17.4. The van der Waals surface area contributed by atoms with Gasteiger partial charge in [-0.1, -0.05) is 0 Å². The van der Waals surface area contributed by atoms with Crippen LogP contribution in [0.15, 0.2) is 12.4 Å². The van der Waals surface area contributed by atoms with Gasteiger partial charge >= 0.3 is 0 Å². The molecule has 1 rings (SSSR count). The van der Waals surface area contributed by atoms with E-state index >= 15 is 0 Å². The van der Waals surface area contributed by atoms with Gasteiger partial charge < -0.3 is 16.0 Å². The number of nitrogens with one attached hydrogen (secondary N) is 2. The van der Waals surface area contributed by atoms with Crippen molar-refractivity contribution >= 4 is 5.91 Å². The predicted molar refractivity (Wildman–Crippen MR) is 40.0 cm³/mol. The molecule has 1 amide bonds. The first-order valence-corrected chi connectivity index (χ1v) is 3.32. The van der Waals surface area contributed by atoms with Crippen LogP contribution in [0.1, 0.15) is 10.6 Å². The van der Waals surface area contributed by atoms with E-state index in [4.69, 9.17) is 5.73 Å². The highest BCUT2D eigenvalue weighted by Gasteiger charge is 2.04. The molecule has 1 aromatic rings. The lowest BCUT2D eigenvalue weighted by Crippen LogP contribution is -2.29. The fraction of sp³-hybridized carbons (Fsp3) is 0.333. The first-order chi connectivity index (χ1) is 5.34. The van der Waals surface area contributed by atoms with Crippen LogP contribution < -0.4 is 11.1 Å². The molecule has 0 bridgehead atoms. The lowest BCUT2D eigenvalue weighted by atomic mass is 10.5. The molecule has 0 spiro atoms. The number of nitrogens with zero attached hydrogens (tertiary/aromatic N) is 1. The highest BCUT2D eigenvalue weighted by molar-refractivity contribution is 5.90. The summed E-state index contributed by atoms with van der Waals surface area (Å²) in [6.07, 6.45) is 3.12. The molecule has 1 heterocycles. The second-order valence-electron chi connectivity index (χ2n) is 1.98. The van der Waals surface area contributed by atoms with Crippen LogP contribution in [0.4, 0.5) is 0 Å². The van der Waals surface area contributed by atoms with Gasteiger partial charge in [-0.25, -0.2) is 4.98 Å². The van der Waals surface area contributed by atoms with E-state index in [0.717, 1.165) is 0 Å². The van der Waals surface area contributed by atoms with Crippen LogP contribution in [0.5, 0.6) is 0 Å². The highest BCUT2D eigenvalue weighted by Crippen LogP contribution is 1.85. The Morgan fingerprint density at radius 3 is 3.18 bits per heavy atom. The number of carbonyl (C=O) groups is 1. The Hall–Kier alpha value is -1.36. The number of nitrogens with two attached hydrogens (primary N) is 1. The summed E-state index contributed by atoms with van der Waals surface area (Å²) in [6, 6.07) is 0. The molecular weight excluding hydrogens is 144 g/mol. The number of aromatic nitrogens is 2. The number of aromatic amines is 1. The van der Waals surface area contributed by atoms with Crippen molar-refractivity contribution in [3.05, 3.63) is 18.2 Å². The zero-order valence-electron chi connectivity index (χ0n) is 6.00. The molecule has 1 aromatic heterocycles. The molecule has 0 aliphatic carbocycles. The number of amides is 1. The van der Waals surface area contributed by atoms with Gasteiger partial charge in [-0.2, -0.15) is 0 Å². The van der Waals surface area contributed by atoms with Gasteiger partial charge in [0.15, 0.2) is 5.82 Å². The van der Waals surface area contributed by atoms with Crippen LogP contribution in [0, 0.1) is 0 Å². The summed E-state index contributed by atoms with van der Waals surface area (Å²) in [7, 11) is 0. The smallest absolute Gasteiger partial charge is 0.287 e. The van der Waals surface area contributed by atoms with Crippen molar-refractivity contribution in [1.82, 2.24) is 15.3 Å². The molecule has 5 nitrogen and oxygen atoms in total. The quantitative estimate of drug-likeness (QED) is 0.527. The van der Waals surface area contributed by atoms with Crippen molar-refractivity contribution < 1.29 is 4.79 Å². The predicted octanol–water partition coefficient (Wildman–Crippen LogP) is -0.902. The fourth-order valence-electron chi connectivity index (χ4n) is 0.659. The van der Waals surface area contributed by atoms with Gasteiger partial charge in [-0.15, -0.1) is 0 Å².